The van der Waals surface area contributed by atoms with Crippen molar-refractivity contribution in [3.8, 4) is 0 Å². The van der Waals surface area contributed by atoms with E-state index in [0.717, 1.165) is 23.0 Å². The first-order valence-corrected chi connectivity index (χ1v) is 6.29. The number of carbonyl (C=O) groups excluding carboxylic acids is 1. The summed E-state index contributed by atoms with van der Waals surface area (Å²) in [6, 6.07) is 0. The van der Waals surface area contributed by atoms with Crippen molar-refractivity contribution in [3.05, 3.63) is 0 Å². The van der Waals surface area contributed by atoms with Crippen molar-refractivity contribution in [1.29, 1.82) is 0 Å². The second kappa shape index (κ2) is 8.44. The molecule has 0 aromatic rings. The maximum atomic E-state index is 10.8. The lowest BCUT2D eigenvalue weighted by Gasteiger charge is -2.00. The number of carbonyl (C=O) groups is 1. The predicted molar refractivity (Wildman–Crippen MR) is 60.7 cm³/mol. The average Bonchev–Trinajstić information content (AvgIpc) is 2.16. The number of nitrogens with zero attached hydrogens (tertiary/aromatic N) is 1. The van der Waals surface area contributed by atoms with Crippen LogP contribution in [0.15, 0.2) is 4.99 Å². The van der Waals surface area contributed by atoms with Gasteiger partial charge in [0.25, 0.3) is 0 Å². The molecule has 13 heavy (non-hydrogen) atoms. The molecule has 0 rings (SSSR count). The highest BCUT2D eigenvalue weighted by Crippen LogP contribution is 2.16. The van der Waals surface area contributed by atoms with Gasteiger partial charge >= 0.3 is 6.09 Å². The van der Waals surface area contributed by atoms with Crippen molar-refractivity contribution in [2.75, 3.05) is 19.1 Å². The van der Waals surface area contributed by atoms with Gasteiger partial charge in [-0.2, -0.15) is 4.99 Å². The number of methoxy groups -OCH3 is 1. The summed E-state index contributed by atoms with van der Waals surface area (Å²) in [6.07, 6.45) is 3.69. The number of unbranched alkanes of at least 4 members (excludes halogenated alkanes) is 1. The Balaban J connectivity index is 3.87. The summed E-state index contributed by atoms with van der Waals surface area (Å²) in [6.45, 7) is 2.14. The lowest BCUT2D eigenvalue weighted by Crippen LogP contribution is -1.97. The first-order valence-electron chi connectivity index (χ1n) is 4.08. The molecule has 0 saturated heterocycles. The number of hydrogen-bond acceptors (Lipinski definition) is 4. The van der Waals surface area contributed by atoms with E-state index in [0.29, 0.717) is 0 Å². The van der Waals surface area contributed by atoms with Gasteiger partial charge in [-0.15, -0.1) is 11.8 Å². The van der Waals surface area contributed by atoms with Gasteiger partial charge in [-0.05, 0) is 18.4 Å². The topological polar surface area (TPSA) is 38.7 Å². The van der Waals surface area contributed by atoms with E-state index in [9.17, 15) is 4.79 Å². The molecule has 5 heteroatoms. The van der Waals surface area contributed by atoms with Crippen molar-refractivity contribution in [2.45, 2.75) is 19.8 Å². The molecule has 1 amide bonds. The average molecular weight is 221 g/mol. The fraction of sp³-hybridized carbons (Fsp3) is 0.750. The minimum Gasteiger partial charge on any atom is -0.451 e. The molecule has 0 aliphatic heterocycles. The third-order valence-electron chi connectivity index (χ3n) is 1.26. The Morgan fingerprint density at radius 3 is 2.69 bits per heavy atom. The first kappa shape index (κ1) is 12.8. The SMILES string of the molecule is CCCCSC(=NC(=O)OC)SC. The van der Waals surface area contributed by atoms with E-state index in [-0.39, 0.29) is 0 Å². The number of aliphatic imine (C=N–C) groups is 1. The van der Waals surface area contributed by atoms with Gasteiger partial charge in [0.05, 0.1) is 7.11 Å². The molecule has 0 bridgehead atoms. The lowest BCUT2D eigenvalue weighted by molar-refractivity contribution is 0.183. The van der Waals surface area contributed by atoms with Gasteiger partial charge < -0.3 is 4.74 Å². The zero-order chi connectivity index (χ0) is 10.1. The van der Waals surface area contributed by atoms with Crippen LogP contribution >= 0.6 is 23.5 Å². The fourth-order valence-electron chi connectivity index (χ4n) is 0.561. The van der Waals surface area contributed by atoms with Gasteiger partial charge in [0.1, 0.15) is 4.38 Å². The van der Waals surface area contributed by atoms with Crippen LogP contribution in [-0.4, -0.2) is 29.6 Å². The summed E-state index contributed by atoms with van der Waals surface area (Å²) in [5.74, 6) is 1.01. The first-order chi connectivity index (χ1) is 6.24. The standard InChI is InChI=1S/C8H15NO2S2/c1-4-5-6-13-8(12-3)9-7(10)11-2/h4-6H2,1-3H3. The Kier molecular flexibility index (Phi) is 8.33. The molecule has 0 N–H and O–H groups in total. The second-order valence-corrected chi connectivity index (χ2v) is 4.39. The van der Waals surface area contributed by atoms with Crippen LogP contribution in [0.25, 0.3) is 0 Å². The lowest BCUT2D eigenvalue weighted by atomic mass is 10.4. The van der Waals surface area contributed by atoms with E-state index in [1.807, 2.05) is 6.26 Å². The number of ether oxygens (including phenoxy) is 1. The minimum absolute atomic E-state index is 0.520. The molecule has 76 valence electrons. The van der Waals surface area contributed by atoms with Crippen LogP contribution < -0.4 is 0 Å². The van der Waals surface area contributed by atoms with Gasteiger partial charge in [0, 0.05) is 0 Å². The number of rotatable bonds is 3. The summed E-state index contributed by atoms with van der Waals surface area (Å²) in [4.78, 5) is 14.5. The van der Waals surface area contributed by atoms with Crippen molar-refractivity contribution in [3.63, 3.8) is 0 Å². The number of thioether (sulfide) groups is 2. The molecule has 3 nitrogen and oxygen atoms in total. The Morgan fingerprint density at radius 1 is 1.54 bits per heavy atom. The largest absolute Gasteiger partial charge is 0.451 e. The third-order valence-corrected chi connectivity index (χ3v) is 3.38. The summed E-state index contributed by atoms with van der Waals surface area (Å²) >= 11 is 3.08. The smallest absolute Gasteiger partial charge is 0.434 e. The summed E-state index contributed by atoms with van der Waals surface area (Å²) < 4.78 is 5.21. The van der Waals surface area contributed by atoms with Crippen LogP contribution in [0.1, 0.15) is 19.8 Å². The third kappa shape index (κ3) is 6.95. The zero-order valence-corrected chi connectivity index (χ0v) is 9.83. The zero-order valence-electron chi connectivity index (χ0n) is 8.20. The predicted octanol–water partition coefficient (Wildman–Crippen LogP) is 3.01. The van der Waals surface area contributed by atoms with Crippen LogP contribution in [0.5, 0.6) is 0 Å². The van der Waals surface area contributed by atoms with Gasteiger partial charge in [-0.1, -0.05) is 25.1 Å². The minimum atomic E-state index is -0.520. The van der Waals surface area contributed by atoms with E-state index in [4.69, 9.17) is 0 Å². The van der Waals surface area contributed by atoms with Gasteiger partial charge in [0.2, 0.25) is 0 Å². The molecule has 0 aliphatic rings. The van der Waals surface area contributed by atoms with Crippen LogP contribution in [0.2, 0.25) is 0 Å². The van der Waals surface area contributed by atoms with Crippen molar-refractivity contribution in [2.24, 2.45) is 4.99 Å². The van der Waals surface area contributed by atoms with E-state index in [2.05, 4.69) is 16.7 Å². The molecule has 0 aromatic heterocycles. The van der Waals surface area contributed by atoms with Gasteiger partial charge in [-0.25, -0.2) is 4.79 Å². The molecule has 0 fully saturated rings. The van der Waals surface area contributed by atoms with Crippen LogP contribution in [0.3, 0.4) is 0 Å². The molecule has 0 aromatic carbocycles. The van der Waals surface area contributed by atoms with E-state index >= 15 is 0 Å². The van der Waals surface area contributed by atoms with E-state index < -0.39 is 6.09 Å². The monoisotopic (exact) mass is 221 g/mol. The Hall–Kier alpha value is -0.160. The molecule has 0 atom stereocenters. The molecule has 0 unspecified atom stereocenters. The molecular formula is C8H15NO2S2. The molecule has 0 spiro atoms. The van der Waals surface area contributed by atoms with Crippen LogP contribution in [-0.2, 0) is 4.74 Å². The Labute approximate surface area is 87.7 Å². The molecule has 0 aliphatic carbocycles. The highest BCUT2D eigenvalue weighted by atomic mass is 32.2. The number of hydrogen-bond donors (Lipinski definition) is 0. The maximum Gasteiger partial charge on any atom is 0.434 e. The molecule has 0 saturated carbocycles. The quantitative estimate of drug-likeness (QED) is 0.417. The second-order valence-electron chi connectivity index (χ2n) is 2.25. The van der Waals surface area contributed by atoms with Gasteiger partial charge in [-0.3, -0.25) is 0 Å². The summed E-state index contributed by atoms with van der Waals surface area (Å²) in [5, 5.41) is 0. The highest BCUT2D eigenvalue weighted by Gasteiger charge is 2.02. The van der Waals surface area contributed by atoms with Gasteiger partial charge in [0.15, 0.2) is 0 Å². The Morgan fingerprint density at radius 2 is 2.23 bits per heavy atom. The normalized spacial score (nSPS) is 11.5. The molecule has 0 radical (unpaired) electrons. The van der Waals surface area contributed by atoms with Crippen molar-refractivity contribution >= 4 is 34.0 Å². The molecular weight excluding hydrogens is 206 g/mol. The fourth-order valence-corrected chi connectivity index (χ4v) is 2.19. The van der Waals surface area contributed by atoms with Crippen LogP contribution in [0.4, 0.5) is 4.79 Å². The summed E-state index contributed by atoms with van der Waals surface area (Å²) in [5.41, 5.74) is 0. The van der Waals surface area contributed by atoms with Crippen molar-refractivity contribution < 1.29 is 9.53 Å². The summed E-state index contributed by atoms with van der Waals surface area (Å²) in [7, 11) is 1.33. The molecule has 0 heterocycles. The van der Waals surface area contributed by atoms with Crippen LogP contribution in [0, 0.1) is 0 Å². The Bertz CT molecular complexity index is 183. The highest BCUT2D eigenvalue weighted by molar-refractivity contribution is 8.38. The van der Waals surface area contributed by atoms with E-state index in [1.54, 1.807) is 11.8 Å². The van der Waals surface area contributed by atoms with Crippen molar-refractivity contribution in [1.82, 2.24) is 0 Å². The van der Waals surface area contributed by atoms with E-state index in [1.165, 1.54) is 18.9 Å². The maximum absolute atomic E-state index is 10.8. The number of amides is 1.